The van der Waals surface area contributed by atoms with Crippen molar-refractivity contribution < 1.29 is 23.8 Å². The summed E-state index contributed by atoms with van der Waals surface area (Å²) < 4.78 is 14.8. The summed E-state index contributed by atoms with van der Waals surface area (Å²) in [4.78, 5) is 21.9. The highest BCUT2D eigenvalue weighted by Crippen LogP contribution is 2.05. The van der Waals surface area contributed by atoms with Gasteiger partial charge in [0, 0.05) is 6.08 Å². The Morgan fingerprint density at radius 3 is 2.09 bits per heavy atom. The number of hydrogen-bond donors (Lipinski definition) is 0. The van der Waals surface area contributed by atoms with E-state index in [9.17, 15) is 9.59 Å². The molecule has 0 aliphatic rings. The van der Waals surface area contributed by atoms with Crippen LogP contribution in [0.2, 0.25) is 0 Å². The maximum atomic E-state index is 11.1. The molecular formula is C17H24O5. The van der Waals surface area contributed by atoms with Gasteiger partial charge in [0.2, 0.25) is 0 Å². The van der Waals surface area contributed by atoms with E-state index in [1.165, 1.54) is 13.2 Å². The smallest absolute Gasteiger partial charge is 0.337 e. The fourth-order valence-electron chi connectivity index (χ4n) is 1.43. The van der Waals surface area contributed by atoms with Crippen molar-refractivity contribution in [2.45, 2.75) is 25.7 Å². The third-order valence-corrected chi connectivity index (χ3v) is 2.66. The molecule has 0 saturated heterocycles. The predicted octanol–water partition coefficient (Wildman–Crippen LogP) is 3.09. The number of esters is 2. The molecule has 0 heterocycles. The van der Waals surface area contributed by atoms with Crippen molar-refractivity contribution in [1.82, 2.24) is 0 Å². The maximum Gasteiger partial charge on any atom is 0.337 e. The van der Waals surface area contributed by atoms with Crippen molar-refractivity contribution in [3.8, 4) is 0 Å². The van der Waals surface area contributed by atoms with Gasteiger partial charge in [0.25, 0.3) is 0 Å². The molecule has 0 aromatic heterocycles. The van der Waals surface area contributed by atoms with Crippen LogP contribution in [0.3, 0.4) is 0 Å². The molecule has 0 fully saturated rings. The summed E-state index contributed by atoms with van der Waals surface area (Å²) in [6.45, 7) is 11.5. The van der Waals surface area contributed by atoms with Gasteiger partial charge in [-0.15, -0.1) is 0 Å². The van der Waals surface area contributed by atoms with Gasteiger partial charge in [0.05, 0.1) is 25.9 Å². The van der Waals surface area contributed by atoms with E-state index in [0.717, 1.165) is 31.8 Å². The van der Waals surface area contributed by atoms with Gasteiger partial charge in [-0.3, -0.25) is 0 Å². The highest BCUT2D eigenvalue weighted by Gasteiger charge is 2.01. The summed E-state index contributed by atoms with van der Waals surface area (Å²) >= 11 is 0. The molecule has 0 amide bonds. The SMILES string of the molecule is C=CC(=O)OCCCCCCOC(=C)/C=C\C(=C)C(=O)OC. The summed E-state index contributed by atoms with van der Waals surface area (Å²) in [5.41, 5.74) is 0.237. The van der Waals surface area contributed by atoms with Gasteiger partial charge in [0.15, 0.2) is 0 Å². The van der Waals surface area contributed by atoms with Crippen molar-refractivity contribution in [1.29, 1.82) is 0 Å². The van der Waals surface area contributed by atoms with Crippen molar-refractivity contribution in [3.63, 3.8) is 0 Å². The molecule has 0 saturated carbocycles. The van der Waals surface area contributed by atoms with Crippen molar-refractivity contribution in [3.05, 3.63) is 49.3 Å². The van der Waals surface area contributed by atoms with Crippen LogP contribution in [0.5, 0.6) is 0 Å². The zero-order valence-electron chi connectivity index (χ0n) is 13.1. The van der Waals surface area contributed by atoms with E-state index in [4.69, 9.17) is 9.47 Å². The molecule has 122 valence electrons. The van der Waals surface area contributed by atoms with Gasteiger partial charge < -0.3 is 14.2 Å². The Bertz CT molecular complexity index is 434. The van der Waals surface area contributed by atoms with Gasteiger partial charge in [0.1, 0.15) is 5.76 Å². The van der Waals surface area contributed by atoms with Crippen LogP contribution >= 0.6 is 0 Å². The normalized spacial score (nSPS) is 10.0. The molecule has 0 atom stereocenters. The zero-order valence-corrected chi connectivity index (χ0v) is 13.1. The van der Waals surface area contributed by atoms with Crippen LogP contribution in [0.25, 0.3) is 0 Å². The zero-order chi connectivity index (χ0) is 16.8. The summed E-state index contributed by atoms with van der Waals surface area (Å²) in [5.74, 6) is -0.411. The molecule has 0 aromatic rings. The van der Waals surface area contributed by atoms with Gasteiger partial charge in [-0.05, 0) is 37.8 Å². The molecular weight excluding hydrogens is 284 g/mol. The molecule has 0 aromatic carbocycles. The Balaban J connectivity index is 3.59. The lowest BCUT2D eigenvalue weighted by molar-refractivity contribution is -0.138. The Kier molecular flexibility index (Phi) is 11.1. The van der Waals surface area contributed by atoms with E-state index >= 15 is 0 Å². The number of allylic oxidation sites excluding steroid dienone is 1. The first-order valence-corrected chi connectivity index (χ1v) is 7.07. The predicted molar refractivity (Wildman–Crippen MR) is 85.0 cm³/mol. The minimum Gasteiger partial charge on any atom is -0.494 e. The van der Waals surface area contributed by atoms with E-state index < -0.39 is 5.97 Å². The Hall–Kier alpha value is -2.30. The van der Waals surface area contributed by atoms with Crippen LogP contribution in [0.15, 0.2) is 49.3 Å². The number of hydrogen-bond acceptors (Lipinski definition) is 5. The maximum absolute atomic E-state index is 11.1. The third-order valence-electron chi connectivity index (χ3n) is 2.66. The highest BCUT2D eigenvalue weighted by atomic mass is 16.5. The van der Waals surface area contributed by atoms with Gasteiger partial charge in [-0.2, -0.15) is 0 Å². The molecule has 0 spiro atoms. The fraction of sp³-hybridized carbons (Fsp3) is 0.412. The number of carbonyl (C=O) groups excluding carboxylic acids is 2. The monoisotopic (exact) mass is 308 g/mol. The van der Waals surface area contributed by atoms with Crippen LogP contribution in [-0.2, 0) is 23.8 Å². The molecule has 0 N–H and O–H groups in total. The molecule has 0 radical (unpaired) electrons. The summed E-state index contributed by atoms with van der Waals surface area (Å²) in [5, 5.41) is 0. The average molecular weight is 308 g/mol. The molecule has 0 unspecified atom stereocenters. The van der Waals surface area contributed by atoms with Gasteiger partial charge in [-0.1, -0.05) is 19.7 Å². The number of unbranched alkanes of at least 4 members (excludes halogenated alkanes) is 3. The summed E-state index contributed by atoms with van der Waals surface area (Å²) in [6, 6.07) is 0. The molecule has 0 aliphatic heterocycles. The number of rotatable bonds is 12. The first-order valence-electron chi connectivity index (χ1n) is 7.07. The van der Waals surface area contributed by atoms with Crippen molar-refractivity contribution in [2.75, 3.05) is 20.3 Å². The number of methoxy groups -OCH3 is 1. The lowest BCUT2D eigenvalue weighted by Crippen LogP contribution is -2.02. The van der Waals surface area contributed by atoms with Crippen molar-refractivity contribution >= 4 is 11.9 Å². The van der Waals surface area contributed by atoms with E-state index in [1.807, 2.05) is 0 Å². The molecule has 5 heteroatoms. The standard InChI is InChI=1S/C17H24O5/c1-5-16(18)22-13-9-7-6-8-12-21-15(3)11-10-14(2)17(19)20-4/h5,10-11H,1-3,6-9,12-13H2,4H3/b11-10-. The van der Waals surface area contributed by atoms with E-state index in [0.29, 0.717) is 19.0 Å². The van der Waals surface area contributed by atoms with Crippen molar-refractivity contribution in [2.24, 2.45) is 0 Å². The Labute approximate surface area is 131 Å². The van der Waals surface area contributed by atoms with Crippen LogP contribution in [-0.4, -0.2) is 32.3 Å². The van der Waals surface area contributed by atoms with Crippen LogP contribution < -0.4 is 0 Å². The fourth-order valence-corrected chi connectivity index (χ4v) is 1.43. The molecule has 0 aliphatic carbocycles. The minimum atomic E-state index is -0.485. The van der Waals surface area contributed by atoms with Crippen LogP contribution in [0, 0.1) is 0 Å². The van der Waals surface area contributed by atoms with E-state index in [2.05, 4.69) is 24.5 Å². The average Bonchev–Trinajstić information content (AvgIpc) is 2.53. The Morgan fingerprint density at radius 1 is 0.955 bits per heavy atom. The number of carbonyl (C=O) groups is 2. The summed E-state index contributed by atoms with van der Waals surface area (Å²) in [6.07, 6.45) is 7.85. The first kappa shape index (κ1) is 19.7. The second-order valence-corrected chi connectivity index (χ2v) is 4.45. The second-order valence-electron chi connectivity index (χ2n) is 4.45. The lowest BCUT2D eigenvalue weighted by atomic mass is 10.2. The van der Waals surface area contributed by atoms with Crippen LogP contribution in [0.1, 0.15) is 25.7 Å². The number of ether oxygens (including phenoxy) is 3. The first-order chi connectivity index (χ1) is 10.5. The quantitative estimate of drug-likeness (QED) is 0.182. The highest BCUT2D eigenvalue weighted by molar-refractivity contribution is 5.90. The van der Waals surface area contributed by atoms with Gasteiger partial charge >= 0.3 is 11.9 Å². The molecule has 5 nitrogen and oxygen atoms in total. The molecule has 0 bridgehead atoms. The van der Waals surface area contributed by atoms with E-state index in [1.54, 1.807) is 6.08 Å². The largest absolute Gasteiger partial charge is 0.494 e. The third kappa shape index (κ3) is 10.5. The van der Waals surface area contributed by atoms with Gasteiger partial charge in [-0.25, -0.2) is 9.59 Å². The molecule has 0 rings (SSSR count). The minimum absolute atomic E-state index is 0.237. The van der Waals surface area contributed by atoms with Crippen LogP contribution in [0.4, 0.5) is 0 Å². The molecule has 22 heavy (non-hydrogen) atoms. The topological polar surface area (TPSA) is 61.8 Å². The lowest BCUT2D eigenvalue weighted by Gasteiger charge is -2.06. The Morgan fingerprint density at radius 2 is 1.55 bits per heavy atom. The summed E-state index contributed by atoms with van der Waals surface area (Å²) in [7, 11) is 1.30. The second kappa shape index (κ2) is 12.4. The van der Waals surface area contributed by atoms with E-state index in [-0.39, 0.29) is 11.5 Å².